The zero-order valence-corrected chi connectivity index (χ0v) is 10.4. The molecule has 0 radical (unpaired) electrons. The minimum absolute atomic E-state index is 0.120. The fourth-order valence-corrected chi connectivity index (χ4v) is 2.15. The Morgan fingerprint density at radius 2 is 2.29 bits per heavy atom. The van der Waals surface area contributed by atoms with E-state index in [0.29, 0.717) is 11.1 Å². The van der Waals surface area contributed by atoms with Gasteiger partial charge in [0, 0.05) is 22.7 Å². The average molecular weight is 268 g/mol. The van der Waals surface area contributed by atoms with Gasteiger partial charge < -0.3 is 10.3 Å². The smallest absolute Gasteiger partial charge is 0.307 e. The zero-order valence-electron chi connectivity index (χ0n) is 8.72. The van der Waals surface area contributed by atoms with Gasteiger partial charge in [-0.3, -0.25) is 4.79 Å². The standard InChI is InChI=1S/C11H9FN2OS2/c12-9-2-1-7(10(13)16)5-8(9)6-14-3-4-17-11(14)15/h1-5H,6H2,(H2,13,16). The summed E-state index contributed by atoms with van der Waals surface area (Å²) >= 11 is 5.90. The average Bonchev–Trinajstić information content (AvgIpc) is 2.67. The molecule has 0 aliphatic carbocycles. The molecule has 0 atom stereocenters. The lowest BCUT2D eigenvalue weighted by atomic mass is 10.1. The number of nitrogens with two attached hydrogens (primary N) is 1. The third-order valence-corrected chi connectivity index (χ3v) is 3.24. The molecule has 0 spiro atoms. The molecule has 0 saturated heterocycles. The fourth-order valence-electron chi connectivity index (χ4n) is 1.44. The summed E-state index contributed by atoms with van der Waals surface area (Å²) < 4.78 is 15.0. The maximum Gasteiger partial charge on any atom is 0.307 e. The van der Waals surface area contributed by atoms with Crippen LogP contribution in [0.5, 0.6) is 0 Å². The zero-order chi connectivity index (χ0) is 12.4. The summed E-state index contributed by atoms with van der Waals surface area (Å²) in [5.74, 6) is -0.372. The first-order chi connectivity index (χ1) is 8.08. The molecular weight excluding hydrogens is 259 g/mol. The third kappa shape index (κ3) is 2.59. The van der Waals surface area contributed by atoms with Gasteiger partial charge in [0.2, 0.25) is 0 Å². The maximum absolute atomic E-state index is 13.6. The van der Waals surface area contributed by atoms with Gasteiger partial charge in [-0.25, -0.2) is 4.39 Å². The lowest BCUT2D eigenvalue weighted by molar-refractivity contribution is 0.598. The molecular formula is C11H9FN2OS2. The van der Waals surface area contributed by atoms with Crippen LogP contribution in [0.3, 0.4) is 0 Å². The Morgan fingerprint density at radius 1 is 1.53 bits per heavy atom. The number of halogens is 1. The van der Waals surface area contributed by atoms with E-state index in [4.69, 9.17) is 18.0 Å². The van der Waals surface area contributed by atoms with Crippen molar-refractivity contribution in [2.24, 2.45) is 5.73 Å². The van der Waals surface area contributed by atoms with Crippen LogP contribution in [-0.2, 0) is 6.54 Å². The molecule has 88 valence electrons. The van der Waals surface area contributed by atoms with E-state index in [1.165, 1.54) is 16.7 Å². The summed E-state index contributed by atoms with van der Waals surface area (Å²) in [5.41, 5.74) is 6.47. The Bertz CT molecular complexity index is 618. The summed E-state index contributed by atoms with van der Waals surface area (Å²) in [4.78, 5) is 11.5. The number of rotatable bonds is 3. The highest BCUT2D eigenvalue weighted by molar-refractivity contribution is 7.80. The molecule has 1 aromatic carbocycles. The van der Waals surface area contributed by atoms with E-state index in [-0.39, 0.29) is 22.2 Å². The Labute approximate surface area is 106 Å². The summed E-state index contributed by atoms with van der Waals surface area (Å²) in [5, 5.41) is 1.66. The van der Waals surface area contributed by atoms with Crippen molar-refractivity contribution in [3.05, 3.63) is 56.4 Å². The van der Waals surface area contributed by atoms with E-state index in [9.17, 15) is 9.18 Å². The molecule has 0 amide bonds. The first-order valence-electron chi connectivity index (χ1n) is 4.80. The molecule has 3 nitrogen and oxygen atoms in total. The molecule has 1 aromatic heterocycles. The van der Waals surface area contributed by atoms with E-state index in [0.717, 1.165) is 11.3 Å². The number of thiocarbonyl (C=S) groups is 1. The van der Waals surface area contributed by atoms with Gasteiger partial charge in [0.15, 0.2) is 0 Å². The van der Waals surface area contributed by atoms with Crippen LogP contribution in [0, 0.1) is 5.82 Å². The van der Waals surface area contributed by atoms with E-state index < -0.39 is 0 Å². The van der Waals surface area contributed by atoms with Crippen LogP contribution >= 0.6 is 23.6 Å². The van der Waals surface area contributed by atoms with E-state index in [2.05, 4.69) is 0 Å². The van der Waals surface area contributed by atoms with Gasteiger partial charge in [-0.2, -0.15) is 0 Å². The highest BCUT2D eigenvalue weighted by Crippen LogP contribution is 2.12. The quantitative estimate of drug-likeness (QED) is 0.862. The Hall–Kier alpha value is -1.53. The van der Waals surface area contributed by atoms with Gasteiger partial charge in [-0.15, -0.1) is 0 Å². The molecule has 0 unspecified atom stereocenters. The second-order valence-electron chi connectivity index (χ2n) is 3.47. The van der Waals surface area contributed by atoms with Crippen LogP contribution in [0.15, 0.2) is 34.6 Å². The first kappa shape index (κ1) is 11.9. The van der Waals surface area contributed by atoms with Crippen molar-refractivity contribution >= 4 is 28.5 Å². The number of thiazole rings is 1. The first-order valence-corrected chi connectivity index (χ1v) is 6.09. The van der Waals surface area contributed by atoms with Crippen molar-refractivity contribution < 1.29 is 4.39 Å². The Kier molecular flexibility index (Phi) is 3.35. The van der Waals surface area contributed by atoms with Crippen molar-refractivity contribution in [1.29, 1.82) is 0 Å². The molecule has 6 heteroatoms. The van der Waals surface area contributed by atoms with Gasteiger partial charge >= 0.3 is 4.87 Å². The fraction of sp³-hybridized carbons (Fsp3) is 0.0909. The monoisotopic (exact) mass is 268 g/mol. The molecule has 2 rings (SSSR count). The molecule has 0 aliphatic heterocycles. The van der Waals surface area contributed by atoms with E-state index in [1.807, 2.05) is 0 Å². The maximum atomic E-state index is 13.6. The number of nitrogens with zero attached hydrogens (tertiary/aromatic N) is 1. The molecule has 1 heterocycles. The Morgan fingerprint density at radius 3 is 2.88 bits per heavy atom. The molecule has 0 bridgehead atoms. The number of hydrogen-bond acceptors (Lipinski definition) is 3. The minimum Gasteiger partial charge on any atom is -0.389 e. The summed E-state index contributed by atoms with van der Waals surface area (Å²) in [6.45, 7) is 0.185. The minimum atomic E-state index is -0.372. The predicted molar refractivity (Wildman–Crippen MR) is 70.0 cm³/mol. The van der Waals surface area contributed by atoms with Crippen LogP contribution in [0.1, 0.15) is 11.1 Å². The van der Waals surface area contributed by atoms with Crippen LogP contribution < -0.4 is 10.6 Å². The number of hydrogen-bond donors (Lipinski definition) is 1. The van der Waals surface area contributed by atoms with Gasteiger partial charge in [-0.1, -0.05) is 23.6 Å². The van der Waals surface area contributed by atoms with Crippen molar-refractivity contribution in [1.82, 2.24) is 4.57 Å². The SMILES string of the molecule is NC(=S)c1ccc(F)c(Cn2ccsc2=O)c1. The van der Waals surface area contributed by atoms with Crippen LogP contribution in [0.25, 0.3) is 0 Å². The van der Waals surface area contributed by atoms with Crippen molar-refractivity contribution in [3.8, 4) is 0 Å². The molecule has 17 heavy (non-hydrogen) atoms. The van der Waals surface area contributed by atoms with Gasteiger partial charge in [0.25, 0.3) is 0 Å². The van der Waals surface area contributed by atoms with Crippen molar-refractivity contribution in [3.63, 3.8) is 0 Å². The van der Waals surface area contributed by atoms with Gasteiger partial charge in [-0.05, 0) is 18.2 Å². The van der Waals surface area contributed by atoms with Crippen LogP contribution in [-0.4, -0.2) is 9.56 Å². The topological polar surface area (TPSA) is 48.0 Å². The predicted octanol–water partition coefficient (Wildman–Crippen LogP) is 1.73. The molecule has 0 aliphatic rings. The number of benzene rings is 1. The lowest BCUT2D eigenvalue weighted by Crippen LogP contribution is -2.15. The Balaban J connectivity index is 2.38. The molecule has 2 aromatic rings. The van der Waals surface area contributed by atoms with E-state index >= 15 is 0 Å². The normalized spacial score (nSPS) is 10.4. The van der Waals surface area contributed by atoms with Gasteiger partial charge in [0.1, 0.15) is 10.8 Å². The van der Waals surface area contributed by atoms with Gasteiger partial charge in [0.05, 0.1) is 6.54 Å². The van der Waals surface area contributed by atoms with Crippen LogP contribution in [0.4, 0.5) is 4.39 Å². The second-order valence-corrected chi connectivity index (χ2v) is 4.76. The van der Waals surface area contributed by atoms with E-state index in [1.54, 1.807) is 17.6 Å². The lowest BCUT2D eigenvalue weighted by Gasteiger charge is -2.06. The summed E-state index contributed by atoms with van der Waals surface area (Å²) in [7, 11) is 0. The van der Waals surface area contributed by atoms with Crippen LogP contribution in [0.2, 0.25) is 0 Å². The van der Waals surface area contributed by atoms with Crippen molar-refractivity contribution in [2.45, 2.75) is 6.54 Å². The highest BCUT2D eigenvalue weighted by atomic mass is 32.1. The van der Waals surface area contributed by atoms with Crippen molar-refractivity contribution in [2.75, 3.05) is 0 Å². The highest BCUT2D eigenvalue weighted by Gasteiger charge is 2.07. The summed E-state index contributed by atoms with van der Waals surface area (Å²) in [6.07, 6.45) is 1.62. The summed E-state index contributed by atoms with van der Waals surface area (Å²) in [6, 6.07) is 4.40. The third-order valence-electron chi connectivity index (χ3n) is 2.32. The molecule has 0 saturated carbocycles. The largest absolute Gasteiger partial charge is 0.389 e. The molecule has 2 N–H and O–H groups in total. The number of aromatic nitrogens is 1. The second kappa shape index (κ2) is 4.77. The molecule has 0 fully saturated rings.